The topological polar surface area (TPSA) is 32.7 Å². The number of benzene rings is 3. The molecular formula is C23H18N2O. The summed E-state index contributed by atoms with van der Waals surface area (Å²) in [6.45, 7) is 2.02. The van der Waals surface area contributed by atoms with Gasteiger partial charge >= 0.3 is 0 Å². The molecule has 0 unspecified atom stereocenters. The van der Waals surface area contributed by atoms with Crippen LogP contribution in [0.25, 0.3) is 6.08 Å². The summed E-state index contributed by atoms with van der Waals surface area (Å²) < 4.78 is 0. The van der Waals surface area contributed by atoms with Crippen LogP contribution in [-0.4, -0.2) is 11.7 Å². The number of aliphatic imine (C=N–C) groups is 1. The van der Waals surface area contributed by atoms with E-state index in [-0.39, 0.29) is 5.91 Å². The minimum absolute atomic E-state index is 0.113. The highest BCUT2D eigenvalue weighted by atomic mass is 16.2. The number of aryl methyl sites for hydroxylation is 1. The van der Waals surface area contributed by atoms with Crippen molar-refractivity contribution in [3.8, 4) is 0 Å². The number of amides is 1. The highest BCUT2D eigenvalue weighted by Gasteiger charge is 2.32. The summed E-state index contributed by atoms with van der Waals surface area (Å²) in [5, 5.41) is 0. The van der Waals surface area contributed by atoms with E-state index in [1.54, 1.807) is 4.90 Å². The zero-order chi connectivity index (χ0) is 17.9. The first kappa shape index (κ1) is 16.0. The lowest BCUT2D eigenvalue weighted by Gasteiger charge is -2.19. The second-order valence-corrected chi connectivity index (χ2v) is 6.22. The van der Waals surface area contributed by atoms with E-state index in [0.717, 1.165) is 22.4 Å². The maximum Gasteiger partial charge on any atom is 0.282 e. The van der Waals surface area contributed by atoms with E-state index in [1.165, 1.54) is 0 Å². The van der Waals surface area contributed by atoms with Crippen molar-refractivity contribution in [3.05, 3.63) is 107 Å². The Morgan fingerprint density at radius 2 is 1.54 bits per heavy atom. The molecule has 3 heteroatoms. The number of rotatable bonds is 3. The molecule has 0 fully saturated rings. The largest absolute Gasteiger partial charge is 0.282 e. The molecule has 0 aromatic heterocycles. The van der Waals surface area contributed by atoms with Crippen molar-refractivity contribution in [2.75, 3.05) is 4.90 Å². The van der Waals surface area contributed by atoms with Crippen LogP contribution < -0.4 is 4.90 Å². The SMILES string of the molecule is Cc1cccc(N2C(=O)/C(=C\c3ccccc3)N=C2c2ccccc2)c1. The van der Waals surface area contributed by atoms with Crippen LogP contribution in [-0.2, 0) is 4.79 Å². The van der Waals surface area contributed by atoms with Crippen LogP contribution in [0.1, 0.15) is 16.7 Å². The second-order valence-electron chi connectivity index (χ2n) is 6.22. The third-order valence-electron chi connectivity index (χ3n) is 4.26. The fourth-order valence-electron chi connectivity index (χ4n) is 3.01. The molecule has 4 rings (SSSR count). The number of amidine groups is 1. The summed E-state index contributed by atoms with van der Waals surface area (Å²) in [5.41, 5.74) is 4.24. The summed E-state index contributed by atoms with van der Waals surface area (Å²) >= 11 is 0. The summed E-state index contributed by atoms with van der Waals surface area (Å²) in [4.78, 5) is 19.5. The van der Waals surface area contributed by atoms with Crippen LogP contribution >= 0.6 is 0 Å². The minimum Gasteiger partial charge on any atom is -0.266 e. The molecule has 1 aliphatic heterocycles. The zero-order valence-corrected chi connectivity index (χ0v) is 14.5. The molecule has 0 radical (unpaired) electrons. The molecule has 26 heavy (non-hydrogen) atoms. The molecule has 126 valence electrons. The Morgan fingerprint density at radius 1 is 0.846 bits per heavy atom. The Morgan fingerprint density at radius 3 is 2.23 bits per heavy atom. The molecule has 0 saturated heterocycles. The van der Waals surface area contributed by atoms with E-state index in [1.807, 2.05) is 97.9 Å². The van der Waals surface area contributed by atoms with E-state index in [2.05, 4.69) is 4.99 Å². The Kier molecular flexibility index (Phi) is 4.20. The van der Waals surface area contributed by atoms with Crippen molar-refractivity contribution in [3.63, 3.8) is 0 Å². The van der Waals surface area contributed by atoms with Crippen LogP contribution in [0.15, 0.2) is 95.6 Å². The number of nitrogens with zero attached hydrogens (tertiary/aromatic N) is 2. The minimum atomic E-state index is -0.113. The Labute approximate surface area is 152 Å². The predicted molar refractivity (Wildman–Crippen MR) is 106 cm³/mol. The van der Waals surface area contributed by atoms with Gasteiger partial charge in [-0.05, 0) is 36.3 Å². The highest BCUT2D eigenvalue weighted by Crippen LogP contribution is 2.28. The van der Waals surface area contributed by atoms with E-state index in [9.17, 15) is 4.79 Å². The Balaban J connectivity index is 1.84. The number of carbonyl (C=O) groups is 1. The fraction of sp³-hybridized carbons (Fsp3) is 0.0435. The first-order valence-electron chi connectivity index (χ1n) is 8.54. The van der Waals surface area contributed by atoms with Gasteiger partial charge in [0.25, 0.3) is 5.91 Å². The quantitative estimate of drug-likeness (QED) is 0.630. The zero-order valence-electron chi connectivity index (χ0n) is 14.5. The number of anilines is 1. The normalized spacial score (nSPS) is 15.4. The Hall–Kier alpha value is -3.46. The van der Waals surface area contributed by atoms with Crippen LogP contribution in [0, 0.1) is 6.92 Å². The summed E-state index contributed by atoms with van der Waals surface area (Å²) in [7, 11) is 0. The summed E-state index contributed by atoms with van der Waals surface area (Å²) in [6.07, 6.45) is 1.83. The van der Waals surface area contributed by atoms with E-state index in [4.69, 9.17) is 0 Å². The maximum absolute atomic E-state index is 13.1. The average Bonchev–Trinajstić information content (AvgIpc) is 3.00. The van der Waals surface area contributed by atoms with Crippen molar-refractivity contribution in [2.45, 2.75) is 6.92 Å². The first-order chi connectivity index (χ1) is 12.7. The Bertz CT molecular complexity index is 1000. The summed E-state index contributed by atoms with van der Waals surface area (Å²) in [6, 6.07) is 27.5. The highest BCUT2D eigenvalue weighted by molar-refractivity contribution is 6.33. The van der Waals surface area contributed by atoms with E-state index >= 15 is 0 Å². The summed E-state index contributed by atoms with van der Waals surface area (Å²) in [5.74, 6) is 0.543. The molecule has 3 nitrogen and oxygen atoms in total. The van der Waals surface area contributed by atoms with E-state index in [0.29, 0.717) is 11.5 Å². The third kappa shape index (κ3) is 3.07. The lowest BCUT2D eigenvalue weighted by molar-refractivity contribution is -0.113. The van der Waals surface area contributed by atoms with Crippen LogP contribution in [0.3, 0.4) is 0 Å². The molecule has 0 saturated carbocycles. The van der Waals surface area contributed by atoms with Crippen molar-refractivity contribution in [2.24, 2.45) is 4.99 Å². The molecule has 1 aliphatic rings. The van der Waals surface area contributed by atoms with Crippen molar-refractivity contribution >= 4 is 23.5 Å². The fourth-order valence-corrected chi connectivity index (χ4v) is 3.01. The molecule has 3 aromatic rings. The predicted octanol–water partition coefficient (Wildman–Crippen LogP) is 4.83. The first-order valence-corrected chi connectivity index (χ1v) is 8.54. The van der Waals surface area contributed by atoms with Gasteiger partial charge in [-0.3, -0.25) is 9.69 Å². The lowest BCUT2D eigenvalue weighted by Crippen LogP contribution is -2.32. The number of hydrogen-bond donors (Lipinski definition) is 0. The smallest absolute Gasteiger partial charge is 0.266 e. The third-order valence-corrected chi connectivity index (χ3v) is 4.26. The van der Waals surface area contributed by atoms with Crippen LogP contribution in [0.4, 0.5) is 5.69 Å². The molecular weight excluding hydrogens is 320 g/mol. The molecule has 0 N–H and O–H groups in total. The molecule has 0 bridgehead atoms. The van der Waals surface area contributed by atoms with Gasteiger partial charge < -0.3 is 0 Å². The van der Waals surface area contributed by atoms with Gasteiger partial charge in [0.1, 0.15) is 11.5 Å². The lowest BCUT2D eigenvalue weighted by atomic mass is 10.1. The van der Waals surface area contributed by atoms with Gasteiger partial charge in [0.05, 0.1) is 5.69 Å². The standard InChI is InChI=1S/C23H18N2O/c1-17-9-8-14-20(15-17)25-22(19-12-6-3-7-13-19)24-21(23(25)26)16-18-10-4-2-5-11-18/h2-16H,1H3/b21-16+. The van der Waals surface area contributed by atoms with E-state index < -0.39 is 0 Å². The number of hydrogen-bond acceptors (Lipinski definition) is 2. The molecule has 0 spiro atoms. The van der Waals surface area contributed by atoms with Gasteiger partial charge in [0, 0.05) is 5.56 Å². The van der Waals surface area contributed by atoms with Gasteiger partial charge in [-0.2, -0.15) is 0 Å². The van der Waals surface area contributed by atoms with Crippen molar-refractivity contribution in [1.82, 2.24) is 0 Å². The van der Waals surface area contributed by atoms with Gasteiger partial charge in [0.15, 0.2) is 0 Å². The maximum atomic E-state index is 13.1. The van der Waals surface area contributed by atoms with Gasteiger partial charge in [-0.15, -0.1) is 0 Å². The monoisotopic (exact) mass is 338 g/mol. The van der Waals surface area contributed by atoms with Crippen LogP contribution in [0.5, 0.6) is 0 Å². The van der Waals surface area contributed by atoms with Crippen molar-refractivity contribution in [1.29, 1.82) is 0 Å². The van der Waals surface area contributed by atoms with Gasteiger partial charge in [-0.1, -0.05) is 72.8 Å². The van der Waals surface area contributed by atoms with Crippen molar-refractivity contribution < 1.29 is 4.79 Å². The molecule has 1 amide bonds. The molecule has 3 aromatic carbocycles. The van der Waals surface area contributed by atoms with Gasteiger partial charge in [-0.25, -0.2) is 4.99 Å². The second kappa shape index (κ2) is 6.81. The van der Waals surface area contributed by atoms with Gasteiger partial charge in [0.2, 0.25) is 0 Å². The molecule has 1 heterocycles. The average molecular weight is 338 g/mol. The van der Waals surface area contributed by atoms with Crippen LogP contribution in [0.2, 0.25) is 0 Å². The number of carbonyl (C=O) groups excluding carboxylic acids is 1. The molecule has 0 aliphatic carbocycles. The molecule has 0 atom stereocenters.